The van der Waals surface area contributed by atoms with E-state index in [0.29, 0.717) is 27.2 Å². The topological polar surface area (TPSA) is 116 Å². The number of rotatable bonds is 5. The fourth-order valence-electron chi connectivity index (χ4n) is 2.58. The van der Waals surface area contributed by atoms with Crippen LogP contribution in [0, 0.1) is 6.92 Å². The van der Waals surface area contributed by atoms with E-state index in [9.17, 15) is 9.59 Å². The Hall–Kier alpha value is -3.32. The number of amides is 1. The van der Waals surface area contributed by atoms with Gasteiger partial charge in [-0.15, -0.1) is 0 Å². The van der Waals surface area contributed by atoms with Crippen molar-refractivity contribution in [3.8, 4) is 0 Å². The summed E-state index contributed by atoms with van der Waals surface area (Å²) in [4.78, 5) is 34.5. The Morgan fingerprint density at radius 3 is 2.70 bits per heavy atom. The first kappa shape index (κ1) is 18.5. The number of hydrogen-bond donors (Lipinski definition) is 4. The van der Waals surface area contributed by atoms with Crippen molar-refractivity contribution in [2.45, 2.75) is 6.92 Å². The molecule has 3 aromatic rings. The second kappa shape index (κ2) is 7.92. The number of nitrogens with one attached hydrogen (secondary N) is 3. The van der Waals surface area contributed by atoms with E-state index in [0.717, 1.165) is 5.56 Å². The summed E-state index contributed by atoms with van der Waals surface area (Å²) in [6.07, 6.45) is 6.06. The third-order valence-corrected chi connectivity index (χ3v) is 4.29. The molecule has 5 N–H and O–H groups in total. The Balaban J connectivity index is 1.72. The molecule has 0 aliphatic heterocycles. The van der Waals surface area contributed by atoms with Crippen molar-refractivity contribution < 1.29 is 4.79 Å². The van der Waals surface area contributed by atoms with Crippen LogP contribution in [0.4, 0.5) is 5.69 Å². The number of H-pyrrole nitrogens is 2. The van der Waals surface area contributed by atoms with Crippen molar-refractivity contribution in [3.63, 3.8) is 0 Å². The zero-order valence-electron chi connectivity index (χ0n) is 14.5. The maximum atomic E-state index is 12.5. The van der Waals surface area contributed by atoms with Crippen LogP contribution in [0.2, 0.25) is 5.02 Å². The van der Waals surface area contributed by atoms with E-state index < -0.39 is 0 Å². The van der Waals surface area contributed by atoms with Gasteiger partial charge in [0.1, 0.15) is 0 Å². The fraction of sp³-hybridized carbons (Fsp3) is 0.105. The van der Waals surface area contributed by atoms with E-state index in [-0.39, 0.29) is 23.6 Å². The Labute approximate surface area is 160 Å². The van der Waals surface area contributed by atoms with Crippen LogP contribution >= 0.6 is 11.6 Å². The molecule has 0 saturated carbocycles. The maximum Gasteiger partial charge on any atom is 0.258 e. The first-order valence-corrected chi connectivity index (χ1v) is 8.55. The number of fused-ring (bicyclic) bond motifs is 1. The summed E-state index contributed by atoms with van der Waals surface area (Å²) in [7, 11) is 0. The van der Waals surface area contributed by atoms with Gasteiger partial charge < -0.3 is 21.0 Å². The molecule has 0 spiro atoms. The number of aryl methyl sites for hydroxylation is 1. The zero-order chi connectivity index (χ0) is 19.4. The Bertz CT molecular complexity index is 1090. The van der Waals surface area contributed by atoms with Crippen molar-refractivity contribution in [1.82, 2.24) is 15.3 Å². The lowest BCUT2D eigenvalue weighted by Gasteiger charge is -2.05. The van der Waals surface area contributed by atoms with Crippen molar-refractivity contribution in [3.05, 3.63) is 74.9 Å². The van der Waals surface area contributed by atoms with Gasteiger partial charge in [-0.3, -0.25) is 14.6 Å². The predicted molar refractivity (Wildman–Crippen MR) is 108 cm³/mol. The lowest BCUT2D eigenvalue weighted by atomic mass is 10.1. The summed E-state index contributed by atoms with van der Waals surface area (Å²) in [5.41, 5.74) is 8.39. The Morgan fingerprint density at radius 2 is 2.00 bits per heavy atom. The van der Waals surface area contributed by atoms with Crippen LogP contribution in [0.5, 0.6) is 0 Å². The maximum absolute atomic E-state index is 12.5. The van der Waals surface area contributed by atoms with Gasteiger partial charge in [0, 0.05) is 41.9 Å². The minimum absolute atomic E-state index is 0.169. The number of aromatic amines is 2. The summed E-state index contributed by atoms with van der Waals surface area (Å²) in [6, 6.07) is 7.01. The van der Waals surface area contributed by atoms with Gasteiger partial charge in [0.25, 0.3) is 11.5 Å². The van der Waals surface area contributed by atoms with Gasteiger partial charge in [0.05, 0.1) is 22.2 Å². The molecule has 0 unspecified atom stereocenters. The highest BCUT2D eigenvalue weighted by molar-refractivity contribution is 6.30. The molecular weight excluding hydrogens is 366 g/mol. The monoisotopic (exact) mass is 383 g/mol. The molecule has 8 heteroatoms. The summed E-state index contributed by atoms with van der Waals surface area (Å²) in [5, 5.41) is 3.71. The Kier molecular flexibility index (Phi) is 5.42. The van der Waals surface area contributed by atoms with Gasteiger partial charge in [0.15, 0.2) is 0 Å². The van der Waals surface area contributed by atoms with Crippen molar-refractivity contribution in [2.24, 2.45) is 10.7 Å². The zero-order valence-corrected chi connectivity index (χ0v) is 15.3. The third-order valence-electron chi connectivity index (χ3n) is 4.04. The number of carbonyl (C=O) groups is 1. The first-order valence-electron chi connectivity index (χ1n) is 8.17. The standard InChI is InChI=1S/C19H18ClN5O2/c1-11-7-24-19(27)16-15(10-23-17(11)16)18(26)25-9-12(6-21)8-22-14-4-2-13(20)3-5-14/h2-8,10,23H,9,21H2,1H3,(H,24,27)(H,25,26). The van der Waals surface area contributed by atoms with Crippen LogP contribution in [0.25, 0.3) is 10.9 Å². The second-order valence-corrected chi connectivity index (χ2v) is 6.35. The van der Waals surface area contributed by atoms with E-state index in [4.69, 9.17) is 17.3 Å². The molecule has 0 radical (unpaired) electrons. The minimum atomic E-state index is -0.378. The molecule has 2 heterocycles. The van der Waals surface area contributed by atoms with Crippen LogP contribution in [-0.2, 0) is 0 Å². The molecule has 0 aliphatic rings. The number of hydrogen-bond acceptors (Lipinski definition) is 4. The molecule has 0 atom stereocenters. The lowest BCUT2D eigenvalue weighted by molar-refractivity contribution is 0.0959. The summed E-state index contributed by atoms with van der Waals surface area (Å²) in [5.74, 6) is -0.378. The van der Waals surface area contributed by atoms with Crippen molar-refractivity contribution in [1.29, 1.82) is 0 Å². The number of nitrogens with zero attached hydrogens (tertiary/aromatic N) is 1. The summed E-state index contributed by atoms with van der Waals surface area (Å²) < 4.78 is 0. The highest BCUT2D eigenvalue weighted by Gasteiger charge is 2.16. The highest BCUT2D eigenvalue weighted by Crippen LogP contribution is 2.17. The SMILES string of the molecule is Cc1c[nH]c(=O)c2c(C(=O)NCC(C=Nc3ccc(Cl)cc3)=CN)c[nH]c12. The average Bonchev–Trinajstić information content (AvgIpc) is 3.12. The van der Waals surface area contributed by atoms with Gasteiger partial charge in [0.2, 0.25) is 0 Å². The van der Waals surface area contributed by atoms with Gasteiger partial charge in [-0.1, -0.05) is 11.6 Å². The van der Waals surface area contributed by atoms with Gasteiger partial charge in [-0.05, 0) is 36.8 Å². The molecule has 0 saturated heterocycles. The van der Waals surface area contributed by atoms with Gasteiger partial charge in [-0.25, -0.2) is 0 Å². The van der Waals surface area contributed by atoms with Crippen molar-refractivity contribution >= 4 is 40.3 Å². The molecule has 0 bridgehead atoms. The molecule has 0 fully saturated rings. The fourth-order valence-corrected chi connectivity index (χ4v) is 2.70. The predicted octanol–water partition coefficient (Wildman–Crippen LogP) is 2.79. The number of benzene rings is 1. The van der Waals surface area contributed by atoms with E-state index in [1.807, 2.05) is 6.92 Å². The van der Waals surface area contributed by atoms with Gasteiger partial charge >= 0.3 is 0 Å². The van der Waals surface area contributed by atoms with Gasteiger partial charge in [-0.2, -0.15) is 0 Å². The quantitative estimate of drug-likeness (QED) is 0.507. The minimum Gasteiger partial charge on any atom is -0.404 e. The van der Waals surface area contributed by atoms with Crippen LogP contribution in [0.15, 0.2) is 58.2 Å². The Morgan fingerprint density at radius 1 is 1.26 bits per heavy atom. The smallest absolute Gasteiger partial charge is 0.258 e. The molecule has 7 nitrogen and oxygen atoms in total. The summed E-state index contributed by atoms with van der Waals surface area (Å²) in [6.45, 7) is 2.02. The van der Waals surface area contributed by atoms with Crippen LogP contribution in [0.1, 0.15) is 15.9 Å². The molecule has 27 heavy (non-hydrogen) atoms. The molecule has 3 rings (SSSR count). The van der Waals surface area contributed by atoms with E-state index in [2.05, 4.69) is 20.3 Å². The summed E-state index contributed by atoms with van der Waals surface area (Å²) >= 11 is 5.84. The first-order chi connectivity index (χ1) is 13.0. The van der Waals surface area contributed by atoms with Crippen molar-refractivity contribution in [2.75, 3.05) is 6.54 Å². The highest BCUT2D eigenvalue weighted by atomic mass is 35.5. The number of halogens is 1. The largest absolute Gasteiger partial charge is 0.404 e. The van der Waals surface area contributed by atoms with E-state index >= 15 is 0 Å². The number of aliphatic imine (C=N–C) groups is 1. The molecule has 1 aromatic carbocycles. The average molecular weight is 384 g/mol. The van der Waals surface area contributed by atoms with Crippen LogP contribution in [0.3, 0.4) is 0 Å². The molecular formula is C19H18ClN5O2. The van der Waals surface area contributed by atoms with Crippen LogP contribution in [-0.4, -0.2) is 28.6 Å². The molecule has 2 aromatic heterocycles. The third kappa shape index (κ3) is 4.09. The molecule has 1 amide bonds. The lowest BCUT2D eigenvalue weighted by Crippen LogP contribution is -2.27. The molecule has 138 valence electrons. The number of carbonyl (C=O) groups excluding carboxylic acids is 1. The van der Waals surface area contributed by atoms with Crippen LogP contribution < -0.4 is 16.6 Å². The van der Waals surface area contributed by atoms with E-state index in [1.54, 1.807) is 36.7 Å². The molecule has 0 aliphatic carbocycles. The second-order valence-electron chi connectivity index (χ2n) is 5.91. The normalized spacial score (nSPS) is 12.0. The van der Waals surface area contributed by atoms with E-state index in [1.165, 1.54) is 12.4 Å². The number of nitrogens with two attached hydrogens (primary N) is 1. The number of pyridine rings is 1. The number of aromatic nitrogens is 2.